The molecule has 0 unspecified atom stereocenters. The number of para-hydroxylation sites is 1. The normalized spacial score (nSPS) is 11.2. The van der Waals surface area contributed by atoms with Gasteiger partial charge in [-0.2, -0.15) is 0 Å². The minimum atomic E-state index is 0.203. The summed E-state index contributed by atoms with van der Waals surface area (Å²) in [6.45, 7) is 0.397. The first-order valence-electron chi connectivity index (χ1n) is 6.21. The molecule has 0 bridgehead atoms. The molecule has 0 saturated carbocycles. The van der Waals surface area contributed by atoms with E-state index in [0.29, 0.717) is 12.5 Å². The predicted octanol–water partition coefficient (Wildman–Crippen LogP) is 3.21. The molecule has 3 heteroatoms. The molecule has 0 aliphatic heterocycles. The van der Waals surface area contributed by atoms with Gasteiger partial charge in [-0.1, -0.05) is 24.3 Å². The Hall–Kier alpha value is -2.42. The minimum Gasteiger partial charge on any atom is -0.473 e. The highest BCUT2D eigenvalue weighted by Crippen LogP contribution is 2.14. The first kappa shape index (κ1) is 9.59. The average molecular weight is 237 g/mol. The van der Waals surface area contributed by atoms with Gasteiger partial charge in [-0.15, -0.1) is 0 Å². The van der Waals surface area contributed by atoms with Gasteiger partial charge in [0.05, 0.1) is 6.89 Å². The van der Waals surface area contributed by atoms with Crippen molar-refractivity contribution in [2.24, 2.45) is 0 Å². The third-order valence-corrected chi connectivity index (χ3v) is 2.62. The van der Waals surface area contributed by atoms with Crippen LogP contribution in [0.5, 0.6) is 5.88 Å². The molecule has 0 amide bonds. The fourth-order valence-corrected chi connectivity index (χ4v) is 1.74. The van der Waals surface area contributed by atoms with Crippen molar-refractivity contribution in [3.63, 3.8) is 0 Å². The molecule has 0 aliphatic carbocycles. The van der Waals surface area contributed by atoms with E-state index in [9.17, 15) is 0 Å². The second-order valence-corrected chi connectivity index (χ2v) is 3.93. The van der Waals surface area contributed by atoms with Gasteiger partial charge in [-0.3, -0.25) is 4.98 Å². The smallest absolute Gasteiger partial charge is 0.213 e. The van der Waals surface area contributed by atoms with Crippen LogP contribution >= 0.6 is 0 Å². The van der Waals surface area contributed by atoms with Gasteiger partial charge >= 0.3 is 0 Å². The Balaban J connectivity index is 1.78. The Morgan fingerprint density at radius 2 is 1.94 bits per heavy atom. The van der Waals surface area contributed by atoms with Crippen LogP contribution in [0.1, 0.15) is 6.93 Å². The third-order valence-electron chi connectivity index (χ3n) is 2.62. The van der Waals surface area contributed by atoms with Gasteiger partial charge in [0.25, 0.3) is 0 Å². The van der Waals surface area contributed by atoms with Crippen LogP contribution in [0.25, 0.3) is 10.9 Å². The second kappa shape index (κ2) is 4.84. The third kappa shape index (κ3) is 2.30. The fourth-order valence-electron chi connectivity index (χ4n) is 1.74. The van der Waals surface area contributed by atoms with Crippen LogP contribution in [-0.2, 0) is 6.61 Å². The molecule has 3 nitrogen and oxygen atoms in total. The minimum absolute atomic E-state index is 0.203. The molecule has 0 atom stereocenters. The Labute approximate surface area is 106 Å². The Bertz CT molecular complexity index is 715. The lowest BCUT2D eigenvalue weighted by Crippen LogP contribution is -1.97. The van der Waals surface area contributed by atoms with Crippen molar-refractivity contribution in [3.8, 4) is 5.88 Å². The van der Waals surface area contributed by atoms with Crippen LogP contribution in [0, 0.1) is 0 Å². The molecule has 88 valence electrons. The van der Waals surface area contributed by atoms with Crippen LogP contribution in [-0.4, -0.2) is 9.97 Å². The summed E-state index contributed by atoms with van der Waals surface area (Å²) in [4.78, 5) is 8.35. The van der Waals surface area contributed by atoms with Crippen LogP contribution < -0.4 is 4.74 Å². The quantitative estimate of drug-likeness (QED) is 0.701. The standard InChI is InChI=1S/C15H12N2O/c1-2-6-14-13(5-1)9-12(10-17-14)11-18-15-7-3-4-8-16-15/h1-10H,11H2/i8D. The van der Waals surface area contributed by atoms with Crippen molar-refractivity contribution in [3.05, 3.63) is 66.5 Å². The van der Waals surface area contributed by atoms with Crippen LogP contribution in [0.4, 0.5) is 0 Å². The van der Waals surface area contributed by atoms with Gasteiger partial charge in [-0.05, 0) is 18.2 Å². The predicted molar refractivity (Wildman–Crippen MR) is 70.3 cm³/mol. The lowest BCUT2D eigenvalue weighted by Gasteiger charge is -2.05. The van der Waals surface area contributed by atoms with Crippen LogP contribution in [0.3, 0.4) is 0 Å². The van der Waals surface area contributed by atoms with Gasteiger partial charge in [0, 0.05) is 29.4 Å². The first-order valence-corrected chi connectivity index (χ1v) is 5.71. The molecule has 0 spiro atoms. The number of hydrogen-bond donors (Lipinski definition) is 0. The monoisotopic (exact) mass is 237 g/mol. The summed E-state index contributed by atoms with van der Waals surface area (Å²) >= 11 is 0. The van der Waals surface area contributed by atoms with E-state index in [1.54, 1.807) is 24.4 Å². The van der Waals surface area contributed by atoms with Crippen molar-refractivity contribution in [2.75, 3.05) is 0 Å². The topological polar surface area (TPSA) is 35.0 Å². The summed E-state index contributed by atoms with van der Waals surface area (Å²) in [6, 6.07) is 15.1. The van der Waals surface area contributed by atoms with Crippen LogP contribution in [0.15, 0.2) is 60.9 Å². The maximum atomic E-state index is 7.42. The Kier molecular flexibility index (Phi) is 2.58. The molecule has 0 saturated heterocycles. The number of benzene rings is 1. The summed E-state index contributed by atoms with van der Waals surface area (Å²) in [7, 11) is 0. The molecule has 0 aliphatic rings. The Morgan fingerprint density at radius 1 is 1.06 bits per heavy atom. The number of ether oxygens (including phenoxy) is 1. The zero-order valence-electron chi connectivity index (χ0n) is 10.7. The average Bonchev–Trinajstić information content (AvgIpc) is 2.45. The molecular formula is C15H12N2O. The van der Waals surface area contributed by atoms with Gasteiger partial charge in [0.15, 0.2) is 0 Å². The number of pyridine rings is 2. The van der Waals surface area contributed by atoms with Crippen molar-refractivity contribution in [2.45, 2.75) is 6.61 Å². The Morgan fingerprint density at radius 3 is 2.89 bits per heavy atom. The summed E-state index contributed by atoms with van der Waals surface area (Å²) < 4.78 is 13.0. The second-order valence-electron chi connectivity index (χ2n) is 3.93. The van der Waals surface area contributed by atoms with E-state index in [1.807, 2.05) is 30.3 Å². The molecule has 1 aromatic carbocycles. The van der Waals surface area contributed by atoms with Crippen molar-refractivity contribution >= 4 is 10.9 Å². The summed E-state index contributed by atoms with van der Waals surface area (Å²) in [5.74, 6) is 0.459. The fraction of sp³-hybridized carbons (Fsp3) is 0.0667. The molecule has 0 radical (unpaired) electrons. The maximum Gasteiger partial charge on any atom is 0.213 e. The largest absolute Gasteiger partial charge is 0.473 e. The molecule has 2 aromatic heterocycles. The van der Waals surface area contributed by atoms with Crippen molar-refractivity contribution in [1.82, 2.24) is 9.97 Å². The number of nitrogens with zero attached hydrogens (tertiary/aromatic N) is 2. The molecule has 2 heterocycles. The summed E-state index contributed by atoms with van der Waals surface area (Å²) in [5.41, 5.74) is 1.95. The highest BCUT2D eigenvalue weighted by atomic mass is 16.5. The molecule has 3 aromatic rings. The maximum absolute atomic E-state index is 7.42. The van der Waals surface area contributed by atoms with E-state index in [2.05, 4.69) is 9.97 Å². The molecule has 0 fully saturated rings. The highest BCUT2D eigenvalue weighted by Gasteiger charge is 1.99. The van der Waals surface area contributed by atoms with E-state index >= 15 is 0 Å². The zero-order valence-corrected chi connectivity index (χ0v) is 9.71. The SMILES string of the molecule is [2H]c1cccc(OCc2cnc3ccccc3c2)n1. The van der Waals surface area contributed by atoms with Gasteiger partial charge < -0.3 is 4.74 Å². The van der Waals surface area contributed by atoms with E-state index in [-0.39, 0.29) is 6.17 Å². The highest BCUT2D eigenvalue weighted by molar-refractivity contribution is 5.78. The van der Waals surface area contributed by atoms with Crippen molar-refractivity contribution in [1.29, 1.82) is 0 Å². The molecule has 0 N–H and O–H groups in total. The van der Waals surface area contributed by atoms with Gasteiger partial charge in [-0.25, -0.2) is 4.98 Å². The first-order chi connectivity index (χ1) is 9.31. The van der Waals surface area contributed by atoms with Crippen LogP contribution in [0.2, 0.25) is 0 Å². The molecule has 3 rings (SSSR count). The number of fused-ring (bicyclic) bond motifs is 1. The van der Waals surface area contributed by atoms with E-state index < -0.39 is 0 Å². The lowest BCUT2D eigenvalue weighted by atomic mass is 10.2. The van der Waals surface area contributed by atoms with Crippen molar-refractivity contribution < 1.29 is 6.11 Å². The summed E-state index contributed by atoms with van der Waals surface area (Å²) in [6.07, 6.45) is 2.00. The number of rotatable bonds is 3. The van der Waals surface area contributed by atoms with Gasteiger partial charge in [0.1, 0.15) is 6.61 Å². The van der Waals surface area contributed by atoms with E-state index in [4.69, 9.17) is 6.11 Å². The van der Waals surface area contributed by atoms with E-state index in [0.717, 1.165) is 16.5 Å². The zero-order chi connectivity index (χ0) is 13.1. The number of hydrogen-bond acceptors (Lipinski definition) is 3. The van der Waals surface area contributed by atoms with E-state index in [1.165, 1.54) is 0 Å². The molecular weight excluding hydrogens is 224 g/mol. The van der Waals surface area contributed by atoms with Gasteiger partial charge in [0.2, 0.25) is 5.88 Å². The molecule has 18 heavy (non-hydrogen) atoms. The number of aromatic nitrogens is 2. The lowest BCUT2D eigenvalue weighted by molar-refractivity contribution is 0.293. The summed E-state index contributed by atoms with van der Waals surface area (Å²) in [5, 5.41) is 1.09.